The predicted molar refractivity (Wildman–Crippen MR) is 90.0 cm³/mol. The third kappa shape index (κ3) is 5.56. The lowest BCUT2D eigenvalue weighted by atomic mass is 9.82. The van der Waals surface area contributed by atoms with Crippen molar-refractivity contribution < 1.29 is 8.42 Å². The number of hydrogen-bond acceptors (Lipinski definition) is 4. The molecule has 0 atom stereocenters. The number of hydrogen-bond donors (Lipinski definition) is 2. The summed E-state index contributed by atoms with van der Waals surface area (Å²) in [5.74, 6) is 0.331. The first-order valence-electron chi connectivity index (χ1n) is 6.74. The first-order chi connectivity index (χ1) is 9.36. The van der Waals surface area contributed by atoms with Crippen LogP contribution in [0.2, 0.25) is 0 Å². The summed E-state index contributed by atoms with van der Waals surface area (Å²) in [6.07, 6.45) is 2.28. The highest BCUT2D eigenvalue weighted by Crippen LogP contribution is 2.29. The Labute approximate surface area is 136 Å². The van der Waals surface area contributed by atoms with Gasteiger partial charge in [-0.15, -0.1) is 0 Å². The monoisotopic (exact) mass is 377 g/mol. The molecule has 0 aromatic carbocycles. The van der Waals surface area contributed by atoms with E-state index in [4.69, 9.17) is 0 Å². The molecule has 0 aliphatic rings. The Bertz CT molecular complexity index is 607. The fourth-order valence-corrected chi connectivity index (χ4v) is 4.68. The van der Waals surface area contributed by atoms with E-state index in [-0.39, 0.29) is 10.3 Å². The second kappa shape index (κ2) is 6.22. The maximum atomic E-state index is 12.7. The number of rotatable bonds is 5. The van der Waals surface area contributed by atoms with Crippen molar-refractivity contribution in [1.29, 1.82) is 0 Å². The number of halogens is 1. The fraction of sp³-hybridized carbons (Fsp3) is 0.643. The average Bonchev–Trinajstić information content (AvgIpc) is 2.23. The Balaban J connectivity index is 3.15. The van der Waals surface area contributed by atoms with Crippen LogP contribution >= 0.6 is 15.9 Å². The number of sulfonamides is 1. The topological polar surface area (TPSA) is 71.1 Å². The van der Waals surface area contributed by atoms with Gasteiger partial charge in [0, 0.05) is 23.3 Å². The van der Waals surface area contributed by atoms with Crippen molar-refractivity contribution in [1.82, 2.24) is 9.71 Å². The van der Waals surface area contributed by atoms with Crippen LogP contribution in [0.3, 0.4) is 0 Å². The van der Waals surface area contributed by atoms with Gasteiger partial charge in [-0.1, -0.05) is 20.8 Å². The molecule has 0 fully saturated rings. The van der Waals surface area contributed by atoms with Crippen molar-refractivity contribution in [2.45, 2.75) is 51.5 Å². The summed E-state index contributed by atoms with van der Waals surface area (Å²) < 4.78 is 28.7. The van der Waals surface area contributed by atoms with Gasteiger partial charge in [0.05, 0.1) is 0 Å². The number of nitrogens with zero attached hydrogens (tertiary/aromatic N) is 1. The number of nitrogens with one attached hydrogen (secondary N) is 2. The summed E-state index contributed by atoms with van der Waals surface area (Å²) in [4.78, 5) is 4.23. The maximum absolute atomic E-state index is 12.7. The van der Waals surface area contributed by atoms with Crippen LogP contribution in [0.5, 0.6) is 0 Å². The number of pyridine rings is 1. The van der Waals surface area contributed by atoms with E-state index < -0.39 is 15.6 Å². The summed E-state index contributed by atoms with van der Waals surface area (Å²) in [5, 5.41) is 2.81. The van der Waals surface area contributed by atoms with Gasteiger partial charge >= 0.3 is 0 Å². The highest BCUT2D eigenvalue weighted by Gasteiger charge is 2.32. The molecular formula is C14H24BrN3O2S. The molecule has 0 amide bonds. The quantitative estimate of drug-likeness (QED) is 0.824. The molecule has 7 heteroatoms. The fourth-order valence-electron chi connectivity index (χ4n) is 2.59. The van der Waals surface area contributed by atoms with Crippen LogP contribution in [-0.2, 0) is 10.0 Å². The molecule has 1 rings (SSSR count). The van der Waals surface area contributed by atoms with Crippen LogP contribution < -0.4 is 10.0 Å². The molecule has 1 heterocycles. The van der Waals surface area contributed by atoms with Crippen molar-refractivity contribution in [2.75, 3.05) is 12.4 Å². The molecule has 1 aromatic rings. The van der Waals surface area contributed by atoms with Gasteiger partial charge in [-0.3, -0.25) is 0 Å². The summed E-state index contributed by atoms with van der Waals surface area (Å²) in [6.45, 7) is 10.0. The van der Waals surface area contributed by atoms with E-state index in [2.05, 4.69) is 51.7 Å². The lowest BCUT2D eigenvalue weighted by Gasteiger charge is -2.33. The highest BCUT2D eigenvalue weighted by atomic mass is 79.9. The molecule has 21 heavy (non-hydrogen) atoms. The zero-order valence-corrected chi connectivity index (χ0v) is 15.8. The van der Waals surface area contributed by atoms with E-state index in [1.807, 2.05) is 13.8 Å². The van der Waals surface area contributed by atoms with Crippen LogP contribution in [0.15, 0.2) is 21.6 Å². The SMILES string of the molecule is CNc1ncc(Br)cc1S(=O)(=O)NC(C)(C)CC(C)(C)C. The van der Waals surface area contributed by atoms with Crippen molar-refractivity contribution in [3.63, 3.8) is 0 Å². The van der Waals surface area contributed by atoms with Gasteiger partial charge in [0.1, 0.15) is 10.7 Å². The molecule has 0 saturated heterocycles. The lowest BCUT2D eigenvalue weighted by molar-refractivity contribution is 0.269. The van der Waals surface area contributed by atoms with Crippen molar-refractivity contribution >= 4 is 31.8 Å². The van der Waals surface area contributed by atoms with Gasteiger partial charge in [-0.05, 0) is 47.7 Å². The zero-order valence-electron chi connectivity index (χ0n) is 13.4. The van der Waals surface area contributed by atoms with Crippen LogP contribution in [0.1, 0.15) is 41.0 Å². The Kier molecular flexibility index (Phi) is 5.45. The first kappa shape index (κ1) is 18.4. The molecule has 5 nitrogen and oxygen atoms in total. The van der Waals surface area contributed by atoms with Crippen LogP contribution in [-0.4, -0.2) is 26.0 Å². The second-order valence-corrected chi connectivity index (χ2v) is 9.54. The summed E-state index contributed by atoms with van der Waals surface area (Å²) in [5.41, 5.74) is -0.530. The van der Waals surface area contributed by atoms with E-state index in [1.165, 1.54) is 0 Å². The molecule has 0 unspecified atom stereocenters. The van der Waals surface area contributed by atoms with E-state index in [0.29, 0.717) is 10.3 Å². The van der Waals surface area contributed by atoms with Crippen LogP contribution in [0.4, 0.5) is 5.82 Å². The molecule has 1 aromatic heterocycles. The minimum atomic E-state index is -3.66. The van der Waals surface area contributed by atoms with Crippen LogP contribution in [0, 0.1) is 5.41 Å². The third-order valence-corrected chi connectivity index (χ3v) is 4.87. The Morgan fingerprint density at radius 3 is 2.29 bits per heavy atom. The summed E-state index contributed by atoms with van der Waals surface area (Å²) >= 11 is 3.26. The van der Waals surface area contributed by atoms with E-state index in [0.717, 1.165) is 6.42 Å². The molecule has 0 radical (unpaired) electrons. The molecule has 2 N–H and O–H groups in total. The molecule has 0 bridgehead atoms. The van der Waals surface area contributed by atoms with Gasteiger partial charge in [0.25, 0.3) is 0 Å². The van der Waals surface area contributed by atoms with Gasteiger partial charge in [0.15, 0.2) is 0 Å². The van der Waals surface area contributed by atoms with Crippen LogP contribution in [0.25, 0.3) is 0 Å². The minimum Gasteiger partial charge on any atom is -0.372 e. The molecule has 0 aliphatic carbocycles. The van der Waals surface area contributed by atoms with Crippen molar-refractivity contribution in [3.8, 4) is 0 Å². The normalized spacial score (nSPS) is 13.3. The van der Waals surface area contributed by atoms with Crippen molar-refractivity contribution in [2.24, 2.45) is 5.41 Å². The smallest absolute Gasteiger partial charge is 0.244 e. The Hall–Kier alpha value is -0.660. The molecular weight excluding hydrogens is 354 g/mol. The molecule has 0 spiro atoms. The van der Waals surface area contributed by atoms with E-state index >= 15 is 0 Å². The summed E-state index contributed by atoms with van der Waals surface area (Å²) in [7, 11) is -2.01. The molecule has 120 valence electrons. The molecule has 0 saturated carbocycles. The van der Waals surface area contributed by atoms with Gasteiger partial charge in [0.2, 0.25) is 10.0 Å². The maximum Gasteiger partial charge on any atom is 0.244 e. The standard InChI is InChI=1S/C14H24BrN3O2S/c1-13(2,3)9-14(4,5)18-21(19,20)11-7-10(15)8-17-12(11)16-6/h7-8,18H,9H2,1-6H3,(H,16,17). The first-order valence-corrected chi connectivity index (χ1v) is 9.01. The minimum absolute atomic E-state index is 0.0212. The van der Waals surface area contributed by atoms with Gasteiger partial charge in [-0.2, -0.15) is 0 Å². The summed E-state index contributed by atoms with van der Waals surface area (Å²) in [6, 6.07) is 1.55. The van der Waals surface area contributed by atoms with Crippen molar-refractivity contribution in [3.05, 3.63) is 16.7 Å². The largest absolute Gasteiger partial charge is 0.372 e. The number of anilines is 1. The third-order valence-electron chi connectivity index (χ3n) is 2.73. The molecule has 0 aliphatic heterocycles. The highest BCUT2D eigenvalue weighted by molar-refractivity contribution is 9.10. The second-order valence-electron chi connectivity index (χ2n) is 6.98. The van der Waals surface area contributed by atoms with Gasteiger partial charge < -0.3 is 5.32 Å². The van der Waals surface area contributed by atoms with E-state index in [1.54, 1.807) is 19.3 Å². The van der Waals surface area contributed by atoms with Gasteiger partial charge in [-0.25, -0.2) is 18.1 Å². The Morgan fingerprint density at radius 2 is 1.81 bits per heavy atom. The zero-order chi connectivity index (χ0) is 16.5. The predicted octanol–water partition coefficient (Wildman–Crippen LogP) is 3.38. The Morgan fingerprint density at radius 1 is 1.24 bits per heavy atom. The lowest BCUT2D eigenvalue weighted by Crippen LogP contribution is -2.45. The number of aromatic nitrogens is 1. The van der Waals surface area contributed by atoms with E-state index in [9.17, 15) is 8.42 Å². The average molecular weight is 378 g/mol.